The SMILES string of the molecule is CC.O=[N+]([O-])c1c(F)ccc(Br)c1F. The van der Waals surface area contributed by atoms with Crippen LogP contribution in [0.3, 0.4) is 0 Å². The van der Waals surface area contributed by atoms with Gasteiger partial charge in [0.2, 0.25) is 11.6 Å². The van der Waals surface area contributed by atoms with E-state index in [1.54, 1.807) is 0 Å². The van der Waals surface area contributed by atoms with Crippen LogP contribution in [0.4, 0.5) is 14.5 Å². The maximum absolute atomic E-state index is 12.8. The molecule has 0 fully saturated rings. The molecule has 0 N–H and O–H groups in total. The molecule has 0 radical (unpaired) electrons. The van der Waals surface area contributed by atoms with Gasteiger partial charge in [0, 0.05) is 0 Å². The molecule has 0 saturated heterocycles. The van der Waals surface area contributed by atoms with E-state index in [2.05, 4.69) is 15.9 Å². The number of nitro groups is 1. The summed E-state index contributed by atoms with van der Waals surface area (Å²) in [6.07, 6.45) is 0. The number of nitrogens with zero attached hydrogens (tertiary/aromatic N) is 1. The van der Waals surface area contributed by atoms with Gasteiger partial charge in [-0.1, -0.05) is 13.8 Å². The summed E-state index contributed by atoms with van der Waals surface area (Å²) < 4.78 is 25.2. The van der Waals surface area contributed by atoms with Crippen LogP contribution in [0.15, 0.2) is 16.6 Å². The van der Waals surface area contributed by atoms with Gasteiger partial charge >= 0.3 is 5.69 Å². The number of rotatable bonds is 1. The van der Waals surface area contributed by atoms with Gasteiger partial charge in [-0.05, 0) is 28.1 Å². The normalized spacial score (nSPS) is 8.93. The number of benzene rings is 1. The van der Waals surface area contributed by atoms with Crippen molar-refractivity contribution in [1.29, 1.82) is 0 Å². The lowest BCUT2D eigenvalue weighted by Gasteiger charge is -1.96. The van der Waals surface area contributed by atoms with Crippen molar-refractivity contribution in [1.82, 2.24) is 0 Å². The molecule has 0 aliphatic heterocycles. The Morgan fingerprint density at radius 3 is 2.21 bits per heavy atom. The first-order valence-electron chi connectivity index (χ1n) is 3.82. The standard InChI is InChI=1S/C6H2BrF2NO2.C2H6/c7-3-1-2-4(8)6(5(3)9)10(11)12;1-2/h1-2H;1-2H3. The molecule has 6 heteroatoms. The van der Waals surface area contributed by atoms with Crippen LogP contribution in [-0.2, 0) is 0 Å². The van der Waals surface area contributed by atoms with Crippen LogP contribution in [0.5, 0.6) is 0 Å². The van der Waals surface area contributed by atoms with E-state index in [0.29, 0.717) is 0 Å². The van der Waals surface area contributed by atoms with E-state index in [0.717, 1.165) is 12.1 Å². The van der Waals surface area contributed by atoms with Crippen LogP contribution in [0.25, 0.3) is 0 Å². The van der Waals surface area contributed by atoms with Crippen LogP contribution < -0.4 is 0 Å². The zero-order valence-corrected chi connectivity index (χ0v) is 9.14. The molecule has 0 aliphatic rings. The third-order valence-corrected chi connectivity index (χ3v) is 1.81. The van der Waals surface area contributed by atoms with E-state index >= 15 is 0 Å². The molecule has 3 nitrogen and oxygen atoms in total. The number of nitro benzene ring substituents is 1. The summed E-state index contributed by atoms with van der Waals surface area (Å²) in [5, 5.41) is 10.1. The highest BCUT2D eigenvalue weighted by Gasteiger charge is 2.22. The third-order valence-electron chi connectivity index (χ3n) is 1.20. The summed E-state index contributed by atoms with van der Waals surface area (Å²) in [5.74, 6) is -2.37. The smallest absolute Gasteiger partial charge is 0.258 e. The maximum atomic E-state index is 12.8. The molecule has 0 amide bonds. The van der Waals surface area contributed by atoms with Crippen molar-refractivity contribution >= 4 is 21.6 Å². The van der Waals surface area contributed by atoms with E-state index in [4.69, 9.17) is 0 Å². The fraction of sp³-hybridized carbons (Fsp3) is 0.250. The van der Waals surface area contributed by atoms with Crippen LogP contribution in [-0.4, -0.2) is 4.92 Å². The number of hydrogen-bond acceptors (Lipinski definition) is 2. The molecule has 78 valence electrons. The number of hydrogen-bond donors (Lipinski definition) is 0. The molecule has 1 aromatic rings. The minimum Gasteiger partial charge on any atom is -0.258 e. The van der Waals surface area contributed by atoms with Gasteiger partial charge in [-0.25, -0.2) is 0 Å². The Morgan fingerprint density at radius 1 is 1.36 bits per heavy atom. The van der Waals surface area contributed by atoms with E-state index in [1.165, 1.54) is 0 Å². The van der Waals surface area contributed by atoms with Crippen LogP contribution >= 0.6 is 15.9 Å². The zero-order valence-electron chi connectivity index (χ0n) is 7.55. The highest BCUT2D eigenvalue weighted by atomic mass is 79.9. The number of halogens is 3. The molecule has 1 rings (SSSR count). The van der Waals surface area contributed by atoms with Gasteiger partial charge in [0.05, 0.1) is 9.40 Å². The molecule has 0 atom stereocenters. The summed E-state index contributed by atoms with van der Waals surface area (Å²) in [6, 6.07) is 1.89. The van der Waals surface area contributed by atoms with Gasteiger partial charge in [0.15, 0.2) is 0 Å². The fourth-order valence-corrected chi connectivity index (χ4v) is 1.00. The van der Waals surface area contributed by atoms with E-state index in [9.17, 15) is 18.9 Å². The van der Waals surface area contributed by atoms with E-state index in [-0.39, 0.29) is 4.47 Å². The van der Waals surface area contributed by atoms with Gasteiger partial charge in [-0.15, -0.1) is 0 Å². The predicted molar refractivity (Wildman–Crippen MR) is 52.1 cm³/mol. The first-order valence-corrected chi connectivity index (χ1v) is 4.61. The average Bonchev–Trinajstić information content (AvgIpc) is 2.15. The van der Waals surface area contributed by atoms with E-state index < -0.39 is 22.2 Å². The third kappa shape index (κ3) is 2.73. The fourth-order valence-electron chi connectivity index (χ4n) is 0.684. The van der Waals surface area contributed by atoms with Crippen LogP contribution in [0.2, 0.25) is 0 Å². The summed E-state index contributed by atoms with van der Waals surface area (Å²) in [7, 11) is 0. The Balaban J connectivity index is 0.000000791. The minimum absolute atomic E-state index is 0.129. The van der Waals surface area contributed by atoms with Crippen molar-refractivity contribution in [2.24, 2.45) is 0 Å². The van der Waals surface area contributed by atoms with Crippen molar-refractivity contribution in [3.63, 3.8) is 0 Å². The van der Waals surface area contributed by atoms with Crippen molar-refractivity contribution in [3.05, 3.63) is 38.4 Å². The predicted octanol–water partition coefficient (Wildman–Crippen LogP) is 3.66. The van der Waals surface area contributed by atoms with Gasteiger partial charge in [-0.3, -0.25) is 10.1 Å². The molecular formula is C8H8BrF2NO2. The Labute approximate surface area is 88.0 Å². The topological polar surface area (TPSA) is 43.1 Å². The minimum atomic E-state index is -1.19. The van der Waals surface area contributed by atoms with E-state index in [1.807, 2.05) is 13.8 Å². The molecule has 0 unspecified atom stereocenters. The Morgan fingerprint density at radius 2 is 1.86 bits per heavy atom. The molecule has 1 aromatic carbocycles. The van der Waals surface area contributed by atoms with Gasteiger partial charge < -0.3 is 0 Å². The van der Waals surface area contributed by atoms with Gasteiger partial charge in [0.1, 0.15) is 0 Å². The van der Waals surface area contributed by atoms with Gasteiger partial charge in [0.25, 0.3) is 0 Å². The average molecular weight is 268 g/mol. The molecule has 0 aliphatic carbocycles. The zero-order chi connectivity index (χ0) is 11.3. The lowest BCUT2D eigenvalue weighted by Crippen LogP contribution is -1.96. The largest absolute Gasteiger partial charge is 0.341 e. The summed E-state index contributed by atoms with van der Waals surface area (Å²) in [5.41, 5.74) is -1.13. The molecule has 0 heterocycles. The van der Waals surface area contributed by atoms with Crippen molar-refractivity contribution in [3.8, 4) is 0 Å². The second-order valence-corrected chi connectivity index (χ2v) is 2.80. The lowest BCUT2D eigenvalue weighted by molar-refractivity contribution is -0.390. The quantitative estimate of drug-likeness (QED) is 0.443. The molecule has 0 spiro atoms. The first kappa shape index (κ1) is 13.0. The van der Waals surface area contributed by atoms with Crippen LogP contribution in [0.1, 0.15) is 13.8 Å². The van der Waals surface area contributed by atoms with Crippen molar-refractivity contribution < 1.29 is 13.7 Å². The molecule has 0 saturated carbocycles. The summed E-state index contributed by atoms with van der Waals surface area (Å²) in [6.45, 7) is 4.00. The molecular weight excluding hydrogens is 260 g/mol. The second-order valence-electron chi connectivity index (χ2n) is 1.95. The highest BCUT2D eigenvalue weighted by molar-refractivity contribution is 9.10. The van der Waals surface area contributed by atoms with Crippen LogP contribution in [0, 0.1) is 21.7 Å². The second kappa shape index (κ2) is 5.64. The summed E-state index contributed by atoms with van der Waals surface area (Å²) in [4.78, 5) is 9.00. The molecule has 0 bridgehead atoms. The summed E-state index contributed by atoms with van der Waals surface area (Å²) >= 11 is 2.70. The monoisotopic (exact) mass is 267 g/mol. The maximum Gasteiger partial charge on any atom is 0.341 e. The Hall–Kier alpha value is -1.04. The lowest BCUT2D eigenvalue weighted by atomic mass is 10.3. The highest BCUT2D eigenvalue weighted by Crippen LogP contribution is 2.27. The molecule has 14 heavy (non-hydrogen) atoms. The Kier molecular flexibility index (Phi) is 5.22. The first-order chi connectivity index (χ1) is 6.54. The van der Waals surface area contributed by atoms with Gasteiger partial charge in [-0.2, -0.15) is 8.78 Å². The Bertz CT molecular complexity index is 344. The van der Waals surface area contributed by atoms with Crippen molar-refractivity contribution in [2.75, 3.05) is 0 Å². The molecule has 0 aromatic heterocycles. The van der Waals surface area contributed by atoms with Crippen molar-refractivity contribution in [2.45, 2.75) is 13.8 Å².